The van der Waals surface area contributed by atoms with Gasteiger partial charge in [-0.15, -0.1) is 0 Å². The van der Waals surface area contributed by atoms with Crippen LogP contribution in [0, 0.1) is 6.92 Å². The molecule has 0 bridgehead atoms. The number of ether oxygens (including phenoxy) is 2. The van der Waals surface area contributed by atoms with Gasteiger partial charge in [0.15, 0.2) is 11.5 Å². The zero-order valence-corrected chi connectivity index (χ0v) is 16.9. The van der Waals surface area contributed by atoms with Gasteiger partial charge in [0, 0.05) is 16.1 Å². The molecule has 0 atom stereocenters. The van der Waals surface area contributed by atoms with E-state index in [-0.39, 0.29) is 5.91 Å². The van der Waals surface area contributed by atoms with Crippen molar-refractivity contribution in [3.05, 3.63) is 94.0 Å². The van der Waals surface area contributed by atoms with Gasteiger partial charge in [-0.2, -0.15) is 5.10 Å². The van der Waals surface area contributed by atoms with E-state index in [0.29, 0.717) is 34.3 Å². The summed E-state index contributed by atoms with van der Waals surface area (Å²) in [5.41, 5.74) is 5.87. The minimum Gasteiger partial charge on any atom is -0.493 e. The summed E-state index contributed by atoms with van der Waals surface area (Å²) in [4.78, 5) is 12.2. The van der Waals surface area contributed by atoms with Crippen LogP contribution in [-0.2, 0) is 6.61 Å². The number of hydrogen-bond acceptors (Lipinski definition) is 4. The lowest BCUT2D eigenvalue weighted by Crippen LogP contribution is -2.17. The number of carbonyl (C=O) groups is 1. The van der Waals surface area contributed by atoms with Crippen molar-refractivity contribution >= 4 is 23.7 Å². The van der Waals surface area contributed by atoms with Gasteiger partial charge < -0.3 is 9.47 Å². The van der Waals surface area contributed by atoms with Crippen molar-refractivity contribution in [3.63, 3.8) is 0 Å². The monoisotopic (exact) mass is 408 g/mol. The third-order valence-electron chi connectivity index (χ3n) is 4.17. The first-order valence-corrected chi connectivity index (χ1v) is 9.39. The van der Waals surface area contributed by atoms with Crippen molar-refractivity contribution in [1.29, 1.82) is 0 Å². The van der Waals surface area contributed by atoms with Gasteiger partial charge in [-0.25, -0.2) is 5.43 Å². The third kappa shape index (κ3) is 5.59. The molecule has 3 aromatic carbocycles. The first-order chi connectivity index (χ1) is 14.1. The van der Waals surface area contributed by atoms with E-state index >= 15 is 0 Å². The van der Waals surface area contributed by atoms with Crippen LogP contribution in [0.5, 0.6) is 11.5 Å². The average molecular weight is 409 g/mol. The Morgan fingerprint density at radius 3 is 2.59 bits per heavy atom. The zero-order valence-electron chi connectivity index (χ0n) is 16.2. The summed E-state index contributed by atoms with van der Waals surface area (Å²) in [6.45, 7) is 2.42. The van der Waals surface area contributed by atoms with E-state index < -0.39 is 0 Å². The Morgan fingerprint density at radius 1 is 1.10 bits per heavy atom. The minimum absolute atomic E-state index is 0.331. The van der Waals surface area contributed by atoms with E-state index in [4.69, 9.17) is 21.1 Å². The molecule has 29 heavy (non-hydrogen) atoms. The summed E-state index contributed by atoms with van der Waals surface area (Å²) in [6, 6.07) is 20.2. The van der Waals surface area contributed by atoms with E-state index in [1.807, 2.05) is 43.3 Å². The Labute approximate surface area is 174 Å². The second-order valence-electron chi connectivity index (χ2n) is 6.36. The smallest absolute Gasteiger partial charge is 0.271 e. The largest absolute Gasteiger partial charge is 0.493 e. The highest BCUT2D eigenvalue weighted by molar-refractivity contribution is 6.30. The lowest BCUT2D eigenvalue weighted by molar-refractivity contribution is 0.0955. The van der Waals surface area contributed by atoms with Gasteiger partial charge in [-0.3, -0.25) is 4.79 Å². The van der Waals surface area contributed by atoms with Crippen molar-refractivity contribution in [3.8, 4) is 11.5 Å². The van der Waals surface area contributed by atoms with Gasteiger partial charge in [-0.1, -0.05) is 47.5 Å². The Kier molecular flexibility index (Phi) is 6.87. The van der Waals surface area contributed by atoms with Gasteiger partial charge in [0.05, 0.1) is 13.3 Å². The molecule has 0 radical (unpaired) electrons. The number of aryl methyl sites for hydroxylation is 1. The maximum atomic E-state index is 12.2. The van der Waals surface area contributed by atoms with Crippen molar-refractivity contribution in [2.45, 2.75) is 13.5 Å². The maximum Gasteiger partial charge on any atom is 0.271 e. The normalized spacial score (nSPS) is 10.7. The molecule has 1 amide bonds. The van der Waals surface area contributed by atoms with Crippen LogP contribution in [0.15, 0.2) is 71.8 Å². The molecule has 3 rings (SSSR count). The fraction of sp³-hybridized carbons (Fsp3) is 0.130. The Hall–Kier alpha value is -3.31. The molecule has 0 saturated carbocycles. The van der Waals surface area contributed by atoms with Crippen LogP contribution in [0.2, 0.25) is 5.02 Å². The maximum absolute atomic E-state index is 12.2. The third-order valence-corrected chi connectivity index (χ3v) is 4.42. The second kappa shape index (κ2) is 9.75. The number of hydrazone groups is 1. The number of benzene rings is 3. The van der Waals surface area contributed by atoms with Gasteiger partial charge in [0.25, 0.3) is 5.91 Å². The van der Waals surface area contributed by atoms with E-state index in [2.05, 4.69) is 16.6 Å². The molecule has 5 nitrogen and oxygen atoms in total. The number of nitrogens with one attached hydrogen (secondary N) is 1. The number of amides is 1. The fourth-order valence-corrected chi connectivity index (χ4v) is 2.86. The SMILES string of the molecule is COc1cccc(/C=N/NC(=O)c2ccc(Cl)cc2)c1OCc1cccc(C)c1. The highest BCUT2D eigenvalue weighted by atomic mass is 35.5. The molecule has 3 aromatic rings. The number of rotatable bonds is 7. The van der Waals surface area contributed by atoms with Crippen molar-refractivity contribution in [2.24, 2.45) is 5.10 Å². The Morgan fingerprint density at radius 2 is 1.86 bits per heavy atom. The lowest BCUT2D eigenvalue weighted by atomic mass is 10.1. The fourth-order valence-electron chi connectivity index (χ4n) is 2.73. The molecule has 148 valence electrons. The molecule has 0 unspecified atom stereocenters. The molecular weight excluding hydrogens is 388 g/mol. The van der Waals surface area contributed by atoms with Crippen LogP contribution in [0.25, 0.3) is 0 Å². The van der Waals surface area contributed by atoms with E-state index in [0.717, 1.165) is 11.1 Å². The Balaban J connectivity index is 1.73. The number of halogens is 1. The first-order valence-electron chi connectivity index (χ1n) is 9.01. The van der Waals surface area contributed by atoms with Crippen molar-refractivity contribution in [2.75, 3.05) is 7.11 Å². The molecule has 1 N–H and O–H groups in total. The van der Waals surface area contributed by atoms with E-state index in [9.17, 15) is 4.79 Å². The average Bonchev–Trinajstić information content (AvgIpc) is 2.73. The molecule has 0 fully saturated rings. The topological polar surface area (TPSA) is 59.9 Å². The summed E-state index contributed by atoms with van der Waals surface area (Å²) in [7, 11) is 1.58. The first kappa shape index (κ1) is 20.4. The molecule has 0 spiro atoms. The van der Waals surface area contributed by atoms with E-state index in [1.165, 1.54) is 6.21 Å². The van der Waals surface area contributed by atoms with Gasteiger partial charge in [0.2, 0.25) is 0 Å². The summed E-state index contributed by atoms with van der Waals surface area (Å²) in [6.07, 6.45) is 1.53. The summed E-state index contributed by atoms with van der Waals surface area (Å²) in [5, 5.41) is 4.62. The predicted molar refractivity (Wildman–Crippen MR) is 115 cm³/mol. The van der Waals surface area contributed by atoms with Crippen LogP contribution in [0.4, 0.5) is 0 Å². The molecule has 0 aliphatic heterocycles. The highest BCUT2D eigenvalue weighted by Gasteiger charge is 2.10. The molecule has 6 heteroatoms. The molecular formula is C23H21ClN2O3. The standard InChI is InChI=1S/C23H21ClN2O3/c1-16-5-3-6-17(13-16)15-29-22-19(7-4-8-21(22)28-2)14-25-26-23(27)18-9-11-20(24)12-10-18/h3-14H,15H2,1-2H3,(H,26,27)/b25-14+. The molecule has 0 heterocycles. The van der Waals surface area contributed by atoms with E-state index in [1.54, 1.807) is 31.4 Å². The lowest BCUT2D eigenvalue weighted by Gasteiger charge is -2.13. The molecule has 0 aliphatic rings. The van der Waals surface area contributed by atoms with Crippen LogP contribution >= 0.6 is 11.6 Å². The van der Waals surface area contributed by atoms with Gasteiger partial charge in [0.1, 0.15) is 6.61 Å². The van der Waals surface area contributed by atoms with Crippen molar-refractivity contribution in [1.82, 2.24) is 5.43 Å². The summed E-state index contributed by atoms with van der Waals surface area (Å²) < 4.78 is 11.4. The van der Waals surface area contributed by atoms with Gasteiger partial charge >= 0.3 is 0 Å². The number of hydrogen-bond donors (Lipinski definition) is 1. The van der Waals surface area contributed by atoms with Crippen molar-refractivity contribution < 1.29 is 14.3 Å². The quantitative estimate of drug-likeness (QED) is 0.442. The number of para-hydroxylation sites is 1. The summed E-state index contributed by atoms with van der Waals surface area (Å²) in [5.74, 6) is 0.815. The molecule has 0 saturated heterocycles. The number of nitrogens with zero attached hydrogens (tertiary/aromatic N) is 1. The van der Waals surface area contributed by atoms with Crippen LogP contribution in [0.1, 0.15) is 27.0 Å². The number of carbonyl (C=O) groups excluding carboxylic acids is 1. The Bertz CT molecular complexity index is 1020. The van der Waals surface area contributed by atoms with Crippen LogP contribution in [-0.4, -0.2) is 19.2 Å². The summed E-state index contributed by atoms with van der Waals surface area (Å²) >= 11 is 5.84. The molecule has 0 aromatic heterocycles. The highest BCUT2D eigenvalue weighted by Crippen LogP contribution is 2.30. The van der Waals surface area contributed by atoms with Gasteiger partial charge in [-0.05, 0) is 48.9 Å². The second-order valence-corrected chi connectivity index (χ2v) is 6.80. The van der Waals surface area contributed by atoms with Crippen LogP contribution < -0.4 is 14.9 Å². The van der Waals surface area contributed by atoms with Crippen LogP contribution in [0.3, 0.4) is 0 Å². The molecule has 0 aliphatic carbocycles. The predicted octanol–water partition coefficient (Wildman–Crippen LogP) is 5.00. The number of methoxy groups -OCH3 is 1. The zero-order chi connectivity index (χ0) is 20.6. The minimum atomic E-state index is -0.331.